The maximum absolute atomic E-state index is 12.0. The molecule has 0 aromatic carbocycles. The normalized spacial score (nSPS) is 11.6. The number of nitrogens with zero attached hydrogens (tertiary/aromatic N) is 4. The highest BCUT2D eigenvalue weighted by Gasteiger charge is 2.15. The summed E-state index contributed by atoms with van der Waals surface area (Å²) in [6, 6.07) is 3.81. The van der Waals surface area contributed by atoms with E-state index in [1.807, 2.05) is 19.9 Å². The number of rotatable bonds is 6. The van der Waals surface area contributed by atoms with E-state index in [4.69, 9.17) is 10.9 Å². The molecule has 0 radical (unpaired) electrons. The molecule has 0 saturated heterocycles. The molecule has 21 heavy (non-hydrogen) atoms. The first-order valence-corrected chi connectivity index (χ1v) is 6.77. The SMILES string of the molecule is CC(C)N(CCC(N)=NO)c1ccnc(C(=O)N(C)C)c1. The fourth-order valence-corrected chi connectivity index (χ4v) is 1.91. The van der Waals surface area contributed by atoms with E-state index in [0.29, 0.717) is 18.7 Å². The van der Waals surface area contributed by atoms with Crippen LogP contribution in [0.15, 0.2) is 23.5 Å². The topological polar surface area (TPSA) is 95.0 Å². The predicted octanol–water partition coefficient (Wildman–Crippen LogP) is 1.13. The molecule has 0 aliphatic carbocycles. The fraction of sp³-hybridized carbons (Fsp3) is 0.500. The Morgan fingerprint density at radius 1 is 1.48 bits per heavy atom. The van der Waals surface area contributed by atoms with Gasteiger partial charge in [0.05, 0.1) is 0 Å². The Morgan fingerprint density at radius 2 is 2.14 bits per heavy atom. The van der Waals surface area contributed by atoms with Crippen LogP contribution in [-0.2, 0) is 0 Å². The molecule has 7 heteroatoms. The van der Waals surface area contributed by atoms with E-state index in [-0.39, 0.29) is 17.8 Å². The van der Waals surface area contributed by atoms with Crippen LogP contribution in [0, 0.1) is 0 Å². The van der Waals surface area contributed by atoms with Crippen LogP contribution in [0.5, 0.6) is 0 Å². The van der Waals surface area contributed by atoms with Crippen molar-refractivity contribution in [2.45, 2.75) is 26.3 Å². The number of carbonyl (C=O) groups excluding carboxylic acids is 1. The smallest absolute Gasteiger partial charge is 0.272 e. The van der Waals surface area contributed by atoms with Crippen LogP contribution in [0.2, 0.25) is 0 Å². The molecule has 3 N–H and O–H groups in total. The van der Waals surface area contributed by atoms with Crippen molar-refractivity contribution in [1.29, 1.82) is 0 Å². The van der Waals surface area contributed by atoms with Gasteiger partial charge in [0.2, 0.25) is 0 Å². The van der Waals surface area contributed by atoms with Crippen LogP contribution in [-0.4, -0.2) is 53.5 Å². The second-order valence-electron chi connectivity index (χ2n) is 5.23. The highest BCUT2D eigenvalue weighted by Crippen LogP contribution is 2.18. The second-order valence-corrected chi connectivity index (χ2v) is 5.23. The van der Waals surface area contributed by atoms with Crippen LogP contribution >= 0.6 is 0 Å². The van der Waals surface area contributed by atoms with Crippen LogP contribution < -0.4 is 10.6 Å². The van der Waals surface area contributed by atoms with Gasteiger partial charge in [0, 0.05) is 45.0 Å². The van der Waals surface area contributed by atoms with Gasteiger partial charge >= 0.3 is 0 Å². The number of pyridine rings is 1. The van der Waals surface area contributed by atoms with Gasteiger partial charge in [-0.25, -0.2) is 0 Å². The molecule has 0 aliphatic rings. The largest absolute Gasteiger partial charge is 0.409 e. The molecule has 1 amide bonds. The number of nitrogens with two attached hydrogens (primary N) is 1. The summed E-state index contributed by atoms with van der Waals surface area (Å²) < 4.78 is 0. The van der Waals surface area contributed by atoms with Crippen molar-refractivity contribution < 1.29 is 10.0 Å². The second kappa shape index (κ2) is 7.47. The molecule has 0 aliphatic heterocycles. The third-order valence-corrected chi connectivity index (χ3v) is 3.06. The third-order valence-electron chi connectivity index (χ3n) is 3.06. The molecule has 116 valence electrons. The highest BCUT2D eigenvalue weighted by molar-refractivity contribution is 5.92. The summed E-state index contributed by atoms with van der Waals surface area (Å²) >= 11 is 0. The van der Waals surface area contributed by atoms with Crippen molar-refractivity contribution in [3.8, 4) is 0 Å². The van der Waals surface area contributed by atoms with Crippen LogP contribution in [0.1, 0.15) is 30.8 Å². The molecule has 1 aromatic rings. The Kier molecular flexibility index (Phi) is 5.95. The number of amidine groups is 1. The first kappa shape index (κ1) is 16.7. The lowest BCUT2D eigenvalue weighted by atomic mass is 10.2. The van der Waals surface area contributed by atoms with Crippen molar-refractivity contribution in [1.82, 2.24) is 9.88 Å². The van der Waals surface area contributed by atoms with Gasteiger partial charge in [-0.2, -0.15) is 0 Å². The molecule has 1 aromatic heterocycles. The summed E-state index contributed by atoms with van der Waals surface area (Å²) in [5, 5.41) is 11.6. The van der Waals surface area contributed by atoms with Crippen molar-refractivity contribution in [2.24, 2.45) is 10.9 Å². The van der Waals surface area contributed by atoms with E-state index in [0.717, 1.165) is 5.69 Å². The standard InChI is InChI=1S/C14H23N5O2/c1-10(2)19(8-6-13(15)17-21)11-5-7-16-12(9-11)14(20)18(3)4/h5,7,9-10,21H,6,8H2,1-4H3,(H2,15,17). The maximum Gasteiger partial charge on any atom is 0.272 e. The number of amides is 1. The molecular weight excluding hydrogens is 270 g/mol. The van der Waals surface area contributed by atoms with E-state index < -0.39 is 0 Å². The Morgan fingerprint density at radius 3 is 2.67 bits per heavy atom. The minimum Gasteiger partial charge on any atom is -0.409 e. The van der Waals surface area contributed by atoms with Crippen LogP contribution in [0.25, 0.3) is 0 Å². The minimum atomic E-state index is -0.142. The maximum atomic E-state index is 12.0. The highest BCUT2D eigenvalue weighted by atomic mass is 16.4. The van der Waals surface area contributed by atoms with Gasteiger partial charge in [-0.3, -0.25) is 9.78 Å². The van der Waals surface area contributed by atoms with Crippen molar-refractivity contribution in [3.63, 3.8) is 0 Å². The van der Waals surface area contributed by atoms with Gasteiger partial charge in [0.25, 0.3) is 5.91 Å². The van der Waals surface area contributed by atoms with E-state index in [1.54, 1.807) is 26.4 Å². The van der Waals surface area contributed by atoms with Gasteiger partial charge in [-0.05, 0) is 26.0 Å². The van der Waals surface area contributed by atoms with Crippen LogP contribution in [0.3, 0.4) is 0 Å². The number of hydrogen-bond donors (Lipinski definition) is 2. The molecule has 0 unspecified atom stereocenters. The number of oxime groups is 1. The quantitative estimate of drug-likeness (QED) is 0.355. The number of hydrogen-bond acceptors (Lipinski definition) is 5. The zero-order valence-electron chi connectivity index (χ0n) is 12.9. The van der Waals surface area contributed by atoms with Crippen LogP contribution in [0.4, 0.5) is 5.69 Å². The fourth-order valence-electron chi connectivity index (χ4n) is 1.91. The Labute approximate surface area is 125 Å². The minimum absolute atomic E-state index is 0.142. The summed E-state index contributed by atoms with van der Waals surface area (Å²) in [6.45, 7) is 4.67. The van der Waals surface area contributed by atoms with Crippen molar-refractivity contribution in [3.05, 3.63) is 24.0 Å². The van der Waals surface area contributed by atoms with E-state index >= 15 is 0 Å². The lowest BCUT2D eigenvalue weighted by Crippen LogP contribution is -2.34. The Bertz CT molecular complexity index is 514. The Hall–Kier alpha value is -2.31. The molecular formula is C14H23N5O2. The zero-order chi connectivity index (χ0) is 16.0. The van der Waals surface area contributed by atoms with Gasteiger partial charge in [-0.1, -0.05) is 5.16 Å². The lowest BCUT2D eigenvalue weighted by Gasteiger charge is -2.29. The number of carbonyl (C=O) groups is 1. The summed E-state index contributed by atoms with van der Waals surface area (Å²) in [6.07, 6.45) is 2.05. The summed E-state index contributed by atoms with van der Waals surface area (Å²) in [5.41, 5.74) is 6.80. The van der Waals surface area contributed by atoms with Gasteiger partial charge in [-0.15, -0.1) is 0 Å². The first-order chi connectivity index (χ1) is 9.86. The predicted molar refractivity (Wildman–Crippen MR) is 82.8 cm³/mol. The molecule has 0 bridgehead atoms. The zero-order valence-corrected chi connectivity index (χ0v) is 12.9. The first-order valence-electron chi connectivity index (χ1n) is 6.77. The van der Waals surface area contributed by atoms with Gasteiger partial charge in [0.1, 0.15) is 11.5 Å². The van der Waals surface area contributed by atoms with E-state index in [9.17, 15) is 4.79 Å². The summed E-state index contributed by atoms with van der Waals surface area (Å²) in [7, 11) is 3.38. The monoisotopic (exact) mass is 293 g/mol. The van der Waals surface area contributed by atoms with Gasteiger partial charge < -0.3 is 20.7 Å². The molecule has 0 atom stereocenters. The number of aromatic nitrogens is 1. The molecule has 1 rings (SSSR count). The van der Waals surface area contributed by atoms with Crippen molar-refractivity contribution >= 4 is 17.4 Å². The summed E-state index contributed by atoms with van der Waals surface area (Å²) in [4.78, 5) is 19.6. The molecule has 0 spiro atoms. The van der Waals surface area contributed by atoms with Gasteiger partial charge in [0.15, 0.2) is 0 Å². The lowest BCUT2D eigenvalue weighted by molar-refractivity contribution is 0.0822. The summed E-state index contributed by atoms with van der Waals surface area (Å²) in [5.74, 6) is 0.0382. The molecule has 0 fully saturated rings. The third kappa shape index (κ3) is 4.62. The average Bonchev–Trinajstić information content (AvgIpc) is 2.46. The molecule has 0 saturated carbocycles. The average molecular weight is 293 g/mol. The van der Waals surface area contributed by atoms with E-state index in [1.165, 1.54) is 4.90 Å². The number of anilines is 1. The van der Waals surface area contributed by atoms with E-state index in [2.05, 4.69) is 15.0 Å². The van der Waals surface area contributed by atoms with Crippen molar-refractivity contribution in [2.75, 3.05) is 25.5 Å². The molecule has 7 nitrogen and oxygen atoms in total. The Balaban J connectivity index is 2.98. The molecule has 1 heterocycles.